The van der Waals surface area contributed by atoms with E-state index in [1.54, 1.807) is 13.3 Å². The number of nitrogens with zero attached hydrogens (tertiary/aromatic N) is 2. The van der Waals surface area contributed by atoms with E-state index in [1.807, 2.05) is 31.2 Å². The number of hydrogen-bond donors (Lipinski definition) is 2. The molecule has 0 atom stereocenters. The van der Waals surface area contributed by atoms with Crippen LogP contribution in [0.3, 0.4) is 0 Å². The molecule has 1 aliphatic rings. The predicted molar refractivity (Wildman–Crippen MR) is 128 cm³/mol. The van der Waals surface area contributed by atoms with Crippen molar-refractivity contribution in [1.29, 1.82) is 0 Å². The van der Waals surface area contributed by atoms with Crippen LogP contribution in [0.1, 0.15) is 49.8 Å². The highest BCUT2D eigenvalue weighted by molar-refractivity contribution is 14.0. The van der Waals surface area contributed by atoms with E-state index in [4.69, 9.17) is 9.15 Å². The molecule has 164 valence electrons. The van der Waals surface area contributed by atoms with Crippen molar-refractivity contribution < 1.29 is 13.9 Å². The first-order valence-corrected chi connectivity index (χ1v) is 10.3. The van der Waals surface area contributed by atoms with E-state index in [1.165, 1.54) is 18.4 Å². The number of aliphatic imine (C=N–C) groups is 1. The van der Waals surface area contributed by atoms with Crippen molar-refractivity contribution in [2.75, 3.05) is 13.6 Å². The highest BCUT2D eigenvalue weighted by Crippen LogP contribution is 2.21. The minimum Gasteiger partial charge on any atom is -0.462 e. The lowest BCUT2D eigenvalue weighted by Gasteiger charge is -2.12. The summed E-state index contributed by atoms with van der Waals surface area (Å²) in [7, 11) is 1.71. The van der Waals surface area contributed by atoms with E-state index in [-0.39, 0.29) is 36.0 Å². The number of oxazole rings is 1. The van der Waals surface area contributed by atoms with Crippen molar-refractivity contribution in [2.45, 2.75) is 58.1 Å². The topological polar surface area (TPSA) is 88.8 Å². The number of esters is 1. The molecule has 0 unspecified atom stereocenters. The maximum atomic E-state index is 11.8. The number of rotatable bonds is 8. The Labute approximate surface area is 195 Å². The van der Waals surface area contributed by atoms with Gasteiger partial charge in [-0.25, -0.2) is 4.98 Å². The molecule has 3 rings (SSSR count). The van der Waals surface area contributed by atoms with Crippen molar-refractivity contribution in [2.24, 2.45) is 4.99 Å². The zero-order valence-corrected chi connectivity index (χ0v) is 20.0. The van der Waals surface area contributed by atoms with Gasteiger partial charge in [-0.3, -0.25) is 9.79 Å². The fourth-order valence-corrected chi connectivity index (χ4v) is 3.30. The number of benzene rings is 1. The Balaban J connectivity index is 0.00000320. The Bertz CT molecular complexity index is 814. The lowest BCUT2D eigenvalue weighted by atomic mass is 10.1. The summed E-state index contributed by atoms with van der Waals surface area (Å²) in [6.07, 6.45) is 7.25. The first kappa shape index (κ1) is 24.2. The van der Waals surface area contributed by atoms with Gasteiger partial charge in [-0.05, 0) is 51.2 Å². The molecular weight excluding hydrogens is 495 g/mol. The summed E-state index contributed by atoms with van der Waals surface area (Å²) in [6.45, 7) is 3.19. The van der Waals surface area contributed by atoms with Crippen LogP contribution in [-0.4, -0.2) is 36.6 Å². The third-order valence-electron chi connectivity index (χ3n) is 4.96. The maximum absolute atomic E-state index is 11.8. The number of nitrogens with one attached hydrogen (secondary N) is 2. The largest absolute Gasteiger partial charge is 0.462 e. The van der Waals surface area contributed by atoms with Crippen molar-refractivity contribution in [3.05, 3.63) is 41.8 Å². The van der Waals surface area contributed by atoms with Gasteiger partial charge in [0.1, 0.15) is 12.4 Å². The van der Waals surface area contributed by atoms with Gasteiger partial charge >= 0.3 is 5.97 Å². The number of halogens is 1. The average molecular weight is 526 g/mol. The van der Waals surface area contributed by atoms with Gasteiger partial charge in [0.25, 0.3) is 0 Å². The second-order valence-corrected chi connectivity index (χ2v) is 7.36. The minimum absolute atomic E-state index is 0. The molecule has 0 aliphatic heterocycles. The molecule has 0 saturated heterocycles. The molecule has 7 nitrogen and oxygen atoms in total. The number of ether oxygens (including phenoxy) is 1. The van der Waals surface area contributed by atoms with Crippen LogP contribution < -0.4 is 10.6 Å². The molecule has 1 aromatic carbocycles. The number of carbonyl (C=O) groups excluding carboxylic acids is 1. The first-order valence-electron chi connectivity index (χ1n) is 10.3. The smallest absolute Gasteiger partial charge is 0.306 e. The average Bonchev–Trinajstić information content (AvgIpc) is 3.40. The van der Waals surface area contributed by atoms with Crippen LogP contribution in [0.2, 0.25) is 0 Å². The number of guanidine groups is 1. The van der Waals surface area contributed by atoms with Gasteiger partial charge in [0.2, 0.25) is 5.89 Å². The van der Waals surface area contributed by atoms with Gasteiger partial charge < -0.3 is 19.8 Å². The van der Waals surface area contributed by atoms with E-state index in [9.17, 15) is 4.79 Å². The van der Waals surface area contributed by atoms with Gasteiger partial charge in [0.15, 0.2) is 5.96 Å². The van der Waals surface area contributed by atoms with Crippen molar-refractivity contribution >= 4 is 35.9 Å². The maximum Gasteiger partial charge on any atom is 0.306 e. The molecule has 1 fully saturated rings. The molecule has 1 saturated carbocycles. The molecule has 1 aromatic heterocycles. The highest BCUT2D eigenvalue weighted by Gasteiger charge is 2.18. The van der Waals surface area contributed by atoms with Crippen LogP contribution in [0, 0.1) is 6.92 Å². The van der Waals surface area contributed by atoms with E-state index >= 15 is 0 Å². The molecule has 1 aliphatic carbocycles. The van der Waals surface area contributed by atoms with Crippen LogP contribution >= 0.6 is 24.0 Å². The van der Waals surface area contributed by atoms with Crippen LogP contribution in [-0.2, 0) is 16.1 Å². The number of carbonyl (C=O) groups is 1. The Morgan fingerprint density at radius 3 is 2.67 bits per heavy atom. The van der Waals surface area contributed by atoms with Crippen LogP contribution in [0.4, 0.5) is 0 Å². The predicted octanol–water partition coefficient (Wildman–Crippen LogP) is 4.20. The Morgan fingerprint density at radius 1 is 1.23 bits per heavy atom. The Kier molecular flexibility index (Phi) is 10.1. The molecule has 0 amide bonds. The zero-order valence-electron chi connectivity index (χ0n) is 17.6. The second-order valence-electron chi connectivity index (χ2n) is 7.36. The lowest BCUT2D eigenvalue weighted by molar-refractivity contribution is -0.148. The first-order chi connectivity index (χ1) is 14.1. The van der Waals surface area contributed by atoms with E-state index in [0.29, 0.717) is 37.8 Å². The molecular formula is C22H31IN4O3. The summed E-state index contributed by atoms with van der Waals surface area (Å²) < 4.78 is 11.0. The van der Waals surface area contributed by atoms with Crippen molar-refractivity contribution in [3.63, 3.8) is 0 Å². The van der Waals surface area contributed by atoms with Gasteiger partial charge in [0, 0.05) is 25.6 Å². The SMILES string of the molecule is CN=C(NCCCC(=O)OC1CCCC1)NCc1coc(-c2ccc(C)cc2)n1.I. The summed E-state index contributed by atoms with van der Waals surface area (Å²) in [5.74, 6) is 1.16. The summed E-state index contributed by atoms with van der Waals surface area (Å²) in [5, 5.41) is 6.41. The molecule has 30 heavy (non-hydrogen) atoms. The third kappa shape index (κ3) is 7.62. The Morgan fingerprint density at radius 2 is 1.97 bits per heavy atom. The fourth-order valence-electron chi connectivity index (χ4n) is 3.30. The third-order valence-corrected chi connectivity index (χ3v) is 4.96. The molecule has 8 heteroatoms. The minimum atomic E-state index is -0.104. The molecule has 0 bridgehead atoms. The van der Waals surface area contributed by atoms with Crippen LogP contribution in [0.5, 0.6) is 0 Å². The van der Waals surface area contributed by atoms with Gasteiger partial charge in [-0.15, -0.1) is 24.0 Å². The number of aromatic nitrogens is 1. The number of hydrogen-bond acceptors (Lipinski definition) is 5. The van der Waals surface area contributed by atoms with Gasteiger partial charge in [0.05, 0.1) is 12.2 Å². The molecule has 1 heterocycles. The zero-order chi connectivity index (χ0) is 20.5. The van der Waals surface area contributed by atoms with E-state index in [0.717, 1.165) is 24.1 Å². The van der Waals surface area contributed by atoms with Crippen LogP contribution in [0.15, 0.2) is 39.9 Å². The standard InChI is InChI=1S/C22H30N4O3.HI/c1-16-9-11-17(12-10-16)21-26-18(15-28-21)14-25-22(23-2)24-13-5-8-20(27)29-19-6-3-4-7-19;/h9-12,15,19H,3-8,13-14H2,1-2H3,(H2,23,24,25);1H. The second kappa shape index (κ2) is 12.6. The van der Waals surface area contributed by atoms with Crippen LogP contribution in [0.25, 0.3) is 11.5 Å². The normalized spacial score (nSPS) is 14.3. The van der Waals surface area contributed by atoms with E-state index in [2.05, 4.69) is 20.6 Å². The Hall–Kier alpha value is -2.10. The summed E-state index contributed by atoms with van der Waals surface area (Å²) in [6, 6.07) is 8.06. The molecule has 0 spiro atoms. The highest BCUT2D eigenvalue weighted by atomic mass is 127. The summed E-state index contributed by atoms with van der Waals surface area (Å²) in [4.78, 5) is 20.6. The van der Waals surface area contributed by atoms with Crippen molar-refractivity contribution in [3.8, 4) is 11.5 Å². The van der Waals surface area contributed by atoms with Crippen molar-refractivity contribution in [1.82, 2.24) is 15.6 Å². The van der Waals surface area contributed by atoms with Gasteiger partial charge in [-0.1, -0.05) is 17.7 Å². The quantitative estimate of drug-likeness (QED) is 0.176. The molecule has 0 radical (unpaired) electrons. The van der Waals surface area contributed by atoms with E-state index < -0.39 is 0 Å². The molecule has 2 aromatic rings. The van der Waals surface area contributed by atoms with Gasteiger partial charge in [-0.2, -0.15) is 0 Å². The number of aryl methyl sites for hydroxylation is 1. The monoisotopic (exact) mass is 526 g/mol. The molecule has 2 N–H and O–H groups in total. The lowest BCUT2D eigenvalue weighted by Crippen LogP contribution is -2.37. The summed E-state index contributed by atoms with van der Waals surface area (Å²) >= 11 is 0. The fraction of sp³-hybridized carbons (Fsp3) is 0.500. The summed E-state index contributed by atoms with van der Waals surface area (Å²) in [5.41, 5.74) is 2.95.